The van der Waals surface area contributed by atoms with Crippen LogP contribution in [0.25, 0.3) is 0 Å². The molecule has 1 unspecified atom stereocenters. The van der Waals surface area contributed by atoms with Gasteiger partial charge in [0.25, 0.3) is 0 Å². The predicted octanol–water partition coefficient (Wildman–Crippen LogP) is 4.56. The summed E-state index contributed by atoms with van der Waals surface area (Å²) in [6.07, 6.45) is 1.73. The largest absolute Gasteiger partial charge is 0.332 e. The van der Waals surface area contributed by atoms with Crippen molar-refractivity contribution >= 4 is 57.4 Å². The van der Waals surface area contributed by atoms with Gasteiger partial charge in [-0.2, -0.15) is 0 Å². The van der Waals surface area contributed by atoms with Gasteiger partial charge in [0.2, 0.25) is 0 Å². The van der Waals surface area contributed by atoms with Crippen molar-refractivity contribution in [1.29, 1.82) is 0 Å². The number of benzene rings is 1. The van der Waals surface area contributed by atoms with Crippen LogP contribution in [-0.4, -0.2) is 32.0 Å². The first kappa shape index (κ1) is 16.2. The number of anilines is 1. The fourth-order valence-electron chi connectivity index (χ4n) is 2.15. The molecule has 1 aliphatic heterocycles. The number of rotatable bonds is 2. The van der Waals surface area contributed by atoms with Gasteiger partial charge in [-0.3, -0.25) is 4.90 Å². The number of thiocarbonyl (C=S) groups is 1. The lowest BCUT2D eigenvalue weighted by Gasteiger charge is -2.20. The molecule has 1 aliphatic rings. The van der Waals surface area contributed by atoms with Crippen molar-refractivity contribution in [3.63, 3.8) is 0 Å². The number of hydrogen-bond acceptors (Lipinski definition) is 4. The molecule has 0 spiro atoms. The van der Waals surface area contributed by atoms with Crippen LogP contribution in [-0.2, 0) is 0 Å². The molecule has 1 fully saturated rings. The van der Waals surface area contributed by atoms with Crippen LogP contribution in [0.5, 0.6) is 0 Å². The Hall–Kier alpha value is -1.63. The van der Waals surface area contributed by atoms with Gasteiger partial charge in [-0.25, -0.2) is 9.98 Å². The first-order chi connectivity index (χ1) is 11.1. The fraction of sp³-hybridized carbons (Fsp3) is 0.188. The molecule has 4 nitrogen and oxygen atoms in total. The highest BCUT2D eigenvalue weighted by molar-refractivity contribution is 8.14. The Morgan fingerprint density at radius 3 is 3.00 bits per heavy atom. The summed E-state index contributed by atoms with van der Waals surface area (Å²) in [5.41, 5.74) is 0.865. The highest BCUT2D eigenvalue weighted by atomic mass is 35.5. The summed E-state index contributed by atoms with van der Waals surface area (Å²) in [6, 6.07) is 13.2. The summed E-state index contributed by atoms with van der Waals surface area (Å²) < 4.78 is 0. The first-order valence-corrected chi connectivity index (χ1v) is 8.79. The summed E-state index contributed by atoms with van der Waals surface area (Å²) in [6.45, 7) is 2.96. The average molecular weight is 363 g/mol. The lowest BCUT2D eigenvalue weighted by atomic mass is 10.3. The molecule has 3 rings (SSSR count). The van der Waals surface area contributed by atoms with E-state index in [0.29, 0.717) is 21.2 Å². The third-order valence-corrected chi connectivity index (χ3v) is 4.79. The topological polar surface area (TPSA) is 40.5 Å². The fourth-order valence-corrected chi connectivity index (χ4v) is 3.70. The number of hydrogen-bond donors (Lipinski definition) is 1. The maximum absolute atomic E-state index is 6.01. The van der Waals surface area contributed by atoms with Crippen LogP contribution in [0, 0.1) is 0 Å². The molecule has 2 heterocycles. The van der Waals surface area contributed by atoms with Gasteiger partial charge in [-0.1, -0.05) is 42.4 Å². The Balaban J connectivity index is 1.79. The lowest BCUT2D eigenvalue weighted by Crippen LogP contribution is -2.36. The van der Waals surface area contributed by atoms with E-state index >= 15 is 0 Å². The highest BCUT2D eigenvalue weighted by Gasteiger charge is 2.29. The monoisotopic (exact) mass is 362 g/mol. The number of aromatic nitrogens is 1. The maximum Gasteiger partial charge on any atom is 0.179 e. The predicted molar refractivity (Wildman–Crippen MR) is 103 cm³/mol. The minimum Gasteiger partial charge on any atom is -0.332 e. The molecule has 1 aromatic carbocycles. The number of thioether (sulfide) groups is 1. The van der Waals surface area contributed by atoms with Crippen molar-refractivity contribution < 1.29 is 0 Å². The minimum atomic E-state index is 0.413. The van der Waals surface area contributed by atoms with Gasteiger partial charge in [0, 0.05) is 28.7 Å². The molecule has 1 aromatic heterocycles. The summed E-state index contributed by atoms with van der Waals surface area (Å²) in [7, 11) is 0. The molecule has 1 N–H and O–H groups in total. The van der Waals surface area contributed by atoms with Gasteiger partial charge in [-0.05, 0) is 42.5 Å². The van der Waals surface area contributed by atoms with E-state index in [-0.39, 0.29) is 0 Å². The molecule has 0 amide bonds. The van der Waals surface area contributed by atoms with E-state index in [1.807, 2.05) is 47.4 Å². The van der Waals surface area contributed by atoms with E-state index in [4.69, 9.17) is 23.8 Å². The number of nitrogens with zero attached hydrogens (tertiary/aromatic N) is 3. The SMILES string of the molecule is CC1CN(C(=S)Nc2cccc(Cl)c2)C(=Nc2ccccn2)S1. The summed E-state index contributed by atoms with van der Waals surface area (Å²) in [4.78, 5) is 10.9. The first-order valence-electron chi connectivity index (χ1n) is 7.12. The number of aliphatic imine (C=N–C) groups is 1. The van der Waals surface area contributed by atoms with E-state index in [1.165, 1.54) is 0 Å². The van der Waals surface area contributed by atoms with E-state index in [9.17, 15) is 0 Å². The lowest BCUT2D eigenvalue weighted by molar-refractivity contribution is 0.641. The molecule has 23 heavy (non-hydrogen) atoms. The Morgan fingerprint density at radius 2 is 2.26 bits per heavy atom. The van der Waals surface area contributed by atoms with Crippen molar-refractivity contribution in [2.75, 3.05) is 11.9 Å². The van der Waals surface area contributed by atoms with Crippen LogP contribution >= 0.6 is 35.6 Å². The summed E-state index contributed by atoms with van der Waals surface area (Å²) in [5, 5.41) is 5.77. The Morgan fingerprint density at radius 1 is 1.39 bits per heavy atom. The van der Waals surface area contributed by atoms with Crippen LogP contribution in [0.1, 0.15) is 6.92 Å². The second-order valence-electron chi connectivity index (χ2n) is 5.06. The molecule has 0 bridgehead atoms. The number of halogens is 1. The zero-order valence-corrected chi connectivity index (χ0v) is 14.8. The molecular weight excluding hydrogens is 348 g/mol. The molecule has 0 radical (unpaired) electrons. The van der Waals surface area contributed by atoms with E-state index in [1.54, 1.807) is 18.0 Å². The standard InChI is InChI=1S/C16H15ClN4S2/c1-11-10-21(15(22)19-13-6-4-5-12(17)9-13)16(23-11)20-14-7-2-3-8-18-14/h2-9,11H,10H2,1H3,(H,19,22). The maximum atomic E-state index is 6.01. The quantitative estimate of drug-likeness (QED) is 0.793. The average Bonchev–Trinajstić information content (AvgIpc) is 2.89. The molecule has 1 saturated heterocycles. The molecule has 0 saturated carbocycles. The normalized spacial score (nSPS) is 19.1. The van der Waals surface area contributed by atoms with Gasteiger partial charge in [0.15, 0.2) is 16.1 Å². The van der Waals surface area contributed by atoms with Gasteiger partial charge >= 0.3 is 0 Å². The van der Waals surface area contributed by atoms with Crippen molar-refractivity contribution in [3.8, 4) is 0 Å². The summed E-state index contributed by atoms with van der Waals surface area (Å²) >= 11 is 13.2. The summed E-state index contributed by atoms with van der Waals surface area (Å²) in [5.74, 6) is 0.680. The number of pyridine rings is 1. The molecule has 118 valence electrons. The van der Waals surface area contributed by atoms with E-state index in [2.05, 4.69) is 22.2 Å². The second kappa shape index (κ2) is 7.29. The second-order valence-corrected chi connectivity index (χ2v) is 7.29. The highest BCUT2D eigenvalue weighted by Crippen LogP contribution is 2.28. The molecular formula is C16H15ClN4S2. The Bertz CT molecular complexity index is 736. The Kier molecular flexibility index (Phi) is 5.15. The van der Waals surface area contributed by atoms with Crippen molar-refractivity contribution in [1.82, 2.24) is 9.88 Å². The third-order valence-electron chi connectivity index (χ3n) is 3.16. The Labute approximate surface area is 150 Å². The molecule has 1 atom stereocenters. The van der Waals surface area contributed by atoms with Crippen LogP contribution in [0.2, 0.25) is 5.02 Å². The van der Waals surface area contributed by atoms with E-state index in [0.717, 1.165) is 17.4 Å². The number of amidine groups is 1. The van der Waals surface area contributed by atoms with Crippen molar-refractivity contribution in [2.24, 2.45) is 4.99 Å². The van der Waals surface area contributed by atoms with Crippen LogP contribution < -0.4 is 5.32 Å². The zero-order valence-electron chi connectivity index (χ0n) is 12.4. The number of nitrogens with one attached hydrogen (secondary N) is 1. The zero-order chi connectivity index (χ0) is 16.2. The van der Waals surface area contributed by atoms with Crippen LogP contribution in [0.4, 0.5) is 11.5 Å². The van der Waals surface area contributed by atoms with Gasteiger partial charge in [0.1, 0.15) is 0 Å². The minimum absolute atomic E-state index is 0.413. The van der Waals surface area contributed by atoms with Crippen LogP contribution in [0.3, 0.4) is 0 Å². The van der Waals surface area contributed by atoms with Crippen molar-refractivity contribution in [3.05, 3.63) is 53.7 Å². The van der Waals surface area contributed by atoms with Crippen molar-refractivity contribution in [2.45, 2.75) is 12.2 Å². The van der Waals surface area contributed by atoms with Crippen LogP contribution in [0.15, 0.2) is 53.7 Å². The molecule has 7 heteroatoms. The third kappa shape index (κ3) is 4.22. The smallest absolute Gasteiger partial charge is 0.179 e. The van der Waals surface area contributed by atoms with Gasteiger partial charge < -0.3 is 5.32 Å². The molecule has 2 aromatic rings. The van der Waals surface area contributed by atoms with E-state index < -0.39 is 0 Å². The van der Waals surface area contributed by atoms with Gasteiger partial charge in [-0.15, -0.1) is 0 Å². The molecule has 0 aliphatic carbocycles. The van der Waals surface area contributed by atoms with Gasteiger partial charge in [0.05, 0.1) is 0 Å².